The molecule has 1 saturated carbocycles. The highest BCUT2D eigenvalue weighted by atomic mass is 16.1. The number of benzene rings is 1. The quantitative estimate of drug-likeness (QED) is 0.426. The first kappa shape index (κ1) is 15.4. The van der Waals surface area contributed by atoms with Crippen molar-refractivity contribution in [2.75, 3.05) is 18.4 Å². The van der Waals surface area contributed by atoms with Crippen molar-refractivity contribution in [1.82, 2.24) is 5.32 Å². The molecule has 0 radical (unpaired) electrons. The number of para-hydroxylation sites is 1. The van der Waals surface area contributed by atoms with E-state index in [1.807, 2.05) is 30.3 Å². The molecule has 0 bridgehead atoms. The third-order valence-corrected chi connectivity index (χ3v) is 3.71. The van der Waals surface area contributed by atoms with Crippen LogP contribution in [0.15, 0.2) is 35.3 Å². The number of aliphatic imine (C=N–C) groups is 1. The number of nitrogens with zero attached hydrogens (tertiary/aromatic N) is 1. The van der Waals surface area contributed by atoms with Crippen LogP contribution < -0.4 is 16.4 Å². The summed E-state index contributed by atoms with van der Waals surface area (Å²) in [6, 6.07) is 9.65. The van der Waals surface area contributed by atoms with Crippen LogP contribution in [0.5, 0.6) is 0 Å². The molecular formula is C16H24N4O. The zero-order valence-corrected chi connectivity index (χ0v) is 12.3. The molecule has 2 rings (SSSR count). The van der Waals surface area contributed by atoms with Gasteiger partial charge in [0.25, 0.3) is 0 Å². The van der Waals surface area contributed by atoms with Gasteiger partial charge in [0.15, 0.2) is 5.96 Å². The zero-order valence-electron chi connectivity index (χ0n) is 12.3. The van der Waals surface area contributed by atoms with E-state index in [2.05, 4.69) is 15.6 Å². The molecule has 1 aromatic carbocycles. The maximum absolute atomic E-state index is 11.7. The van der Waals surface area contributed by atoms with Crippen molar-refractivity contribution in [2.24, 2.45) is 16.6 Å². The Balaban J connectivity index is 1.61. The maximum Gasteiger partial charge on any atom is 0.220 e. The smallest absolute Gasteiger partial charge is 0.220 e. The maximum atomic E-state index is 11.7. The second-order valence-electron chi connectivity index (χ2n) is 5.46. The van der Waals surface area contributed by atoms with Gasteiger partial charge >= 0.3 is 0 Å². The van der Waals surface area contributed by atoms with E-state index < -0.39 is 0 Å². The lowest BCUT2D eigenvalue weighted by atomic mass is 10.0. The van der Waals surface area contributed by atoms with Crippen molar-refractivity contribution < 1.29 is 4.79 Å². The molecule has 114 valence electrons. The average Bonchev–Trinajstić information content (AvgIpc) is 2.97. The van der Waals surface area contributed by atoms with Gasteiger partial charge in [-0.15, -0.1) is 0 Å². The van der Waals surface area contributed by atoms with E-state index in [0.717, 1.165) is 5.69 Å². The van der Waals surface area contributed by atoms with Crippen LogP contribution in [0, 0.1) is 5.92 Å². The van der Waals surface area contributed by atoms with E-state index in [1.54, 1.807) is 0 Å². The Kier molecular flexibility index (Phi) is 6.06. The minimum absolute atomic E-state index is 0.131. The van der Waals surface area contributed by atoms with Crippen LogP contribution in [0.1, 0.15) is 32.1 Å². The van der Waals surface area contributed by atoms with Gasteiger partial charge in [0.2, 0.25) is 5.91 Å². The number of hydrogen-bond acceptors (Lipinski definition) is 2. The predicted octanol–water partition coefficient (Wildman–Crippen LogP) is 2.11. The third-order valence-electron chi connectivity index (χ3n) is 3.71. The molecule has 1 fully saturated rings. The number of rotatable bonds is 6. The average molecular weight is 288 g/mol. The Bertz CT molecular complexity index is 466. The Hall–Kier alpha value is -2.04. The fourth-order valence-corrected chi connectivity index (χ4v) is 2.63. The van der Waals surface area contributed by atoms with Gasteiger partial charge in [-0.2, -0.15) is 0 Å². The molecule has 1 aliphatic rings. The Morgan fingerprint density at radius 2 is 1.95 bits per heavy atom. The molecule has 0 aliphatic heterocycles. The Morgan fingerprint density at radius 3 is 2.67 bits per heavy atom. The molecule has 1 aliphatic carbocycles. The van der Waals surface area contributed by atoms with E-state index in [9.17, 15) is 4.79 Å². The molecule has 0 atom stereocenters. The fraction of sp³-hybridized carbons (Fsp3) is 0.500. The molecule has 21 heavy (non-hydrogen) atoms. The second-order valence-corrected chi connectivity index (χ2v) is 5.46. The first-order valence-electron chi connectivity index (χ1n) is 7.63. The van der Waals surface area contributed by atoms with Crippen LogP contribution in [0.25, 0.3) is 0 Å². The number of nitrogens with one attached hydrogen (secondary N) is 2. The summed E-state index contributed by atoms with van der Waals surface area (Å²) in [4.78, 5) is 15.9. The number of carbonyl (C=O) groups is 1. The van der Waals surface area contributed by atoms with Crippen LogP contribution >= 0.6 is 0 Å². The lowest BCUT2D eigenvalue weighted by molar-refractivity contribution is -0.121. The van der Waals surface area contributed by atoms with E-state index in [-0.39, 0.29) is 5.91 Å². The van der Waals surface area contributed by atoms with Gasteiger partial charge in [0.05, 0.1) is 6.54 Å². The summed E-state index contributed by atoms with van der Waals surface area (Å²) < 4.78 is 0. The summed E-state index contributed by atoms with van der Waals surface area (Å²) in [5.74, 6) is 1.08. The van der Waals surface area contributed by atoms with Crippen LogP contribution in [0.3, 0.4) is 0 Å². The summed E-state index contributed by atoms with van der Waals surface area (Å²) >= 11 is 0. The van der Waals surface area contributed by atoms with Crippen molar-refractivity contribution in [1.29, 1.82) is 0 Å². The summed E-state index contributed by atoms with van der Waals surface area (Å²) in [6.45, 7) is 1.02. The number of hydrogen-bond donors (Lipinski definition) is 3. The topological polar surface area (TPSA) is 79.5 Å². The summed E-state index contributed by atoms with van der Waals surface area (Å²) in [7, 11) is 0. The zero-order chi connectivity index (χ0) is 14.9. The highest BCUT2D eigenvalue weighted by molar-refractivity contribution is 5.92. The summed E-state index contributed by atoms with van der Waals surface area (Å²) in [5, 5.41) is 5.90. The van der Waals surface area contributed by atoms with Gasteiger partial charge in [-0.1, -0.05) is 31.0 Å². The second kappa shape index (κ2) is 8.29. The lowest BCUT2D eigenvalue weighted by Crippen LogP contribution is -2.29. The molecular weight excluding hydrogens is 264 g/mol. The fourth-order valence-electron chi connectivity index (χ4n) is 2.63. The van der Waals surface area contributed by atoms with Crippen LogP contribution in [-0.4, -0.2) is 25.0 Å². The summed E-state index contributed by atoms with van der Waals surface area (Å²) in [6.07, 6.45) is 5.58. The predicted molar refractivity (Wildman–Crippen MR) is 86.1 cm³/mol. The number of guanidine groups is 1. The van der Waals surface area contributed by atoms with Gasteiger partial charge in [-0.05, 0) is 30.9 Å². The first-order chi connectivity index (χ1) is 10.2. The SMILES string of the molecule is NC(=NCCNC(=O)CC1CCCC1)Nc1ccccc1. The molecule has 1 amide bonds. The first-order valence-corrected chi connectivity index (χ1v) is 7.63. The monoisotopic (exact) mass is 288 g/mol. The summed E-state index contributed by atoms with van der Waals surface area (Å²) in [5.41, 5.74) is 6.69. The Morgan fingerprint density at radius 1 is 1.24 bits per heavy atom. The minimum Gasteiger partial charge on any atom is -0.370 e. The van der Waals surface area contributed by atoms with Gasteiger partial charge in [-0.3, -0.25) is 9.79 Å². The number of nitrogens with two attached hydrogens (primary N) is 1. The molecule has 4 N–H and O–H groups in total. The molecule has 0 heterocycles. The van der Waals surface area contributed by atoms with Gasteiger partial charge in [0.1, 0.15) is 0 Å². The van der Waals surface area contributed by atoms with Gasteiger partial charge in [-0.25, -0.2) is 0 Å². The molecule has 0 spiro atoms. The van der Waals surface area contributed by atoms with Crippen LogP contribution in [-0.2, 0) is 4.79 Å². The van der Waals surface area contributed by atoms with E-state index in [1.165, 1.54) is 25.7 Å². The van der Waals surface area contributed by atoms with Crippen molar-refractivity contribution in [3.63, 3.8) is 0 Å². The standard InChI is InChI=1S/C16H24N4O/c17-16(20-14-8-2-1-3-9-14)19-11-10-18-15(21)12-13-6-4-5-7-13/h1-3,8-9,13H,4-7,10-12H2,(H,18,21)(H3,17,19,20). The highest BCUT2D eigenvalue weighted by Crippen LogP contribution is 2.27. The third kappa shape index (κ3) is 5.85. The number of carbonyl (C=O) groups excluding carboxylic acids is 1. The van der Waals surface area contributed by atoms with Crippen LogP contribution in [0.4, 0.5) is 5.69 Å². The number of amides is 1. The van der Waals surface area contributed by atoms with Crippen molar-refractivity contribution in [2.45, 2.75) is 32.1 Å². The van der Waals surface area contributed by atoms with E-state index >= 15 is 0 Å². The van der Waals surface area contributed by atoms with Crippen molar-refractivity contribution in [3.05, 3.63) is 30.3 Å². The highest BCUT2D eigenvalue weighted by Gasteiger charge is 2.17. The molecule has 5 heteroatoms. The Labute approximate surface area is 126 Å². The lowest BCUT2D eigenvalue weighted by Gasteiger charge is -2.09. The van der Waals surface area contributed by atoms with Gasteiger partial charge in [0, 0.05) is 18.7 Å². The normalized spacial score (nSPS) is 15.9. The molecule has 0 saturated heterocycles. The van der Waals surface area contributed by atoms with Crippen LogP contribution in [0.2, 0.25) is 0 Å². The largest absolute Gasteiger partial charge is 0.370 e. The van der Waals surface area contributed by atoms with Gasteiger partial charge < -0.3 is 16.4 Å². The van der Waals surface area contributed by atoms with Crippen molar-refractivity contribution in [3.8, 4) is 0 Å². The van der Waals surface area contributed by atoms with Crippen molar-refractivity contribution >= 4 is 17.6 Å². The molecule has 0 unspecified atom stereocenters. The van der Waals surface area contributed by atoms with E-state index in [4.69, 9.17) is 5.73 Å². The molecule has 1 aromatic rings. The number of anilines is 1. The molecule has 5 nitrogen and oxygen atoms in total. The molecule has 0 aromatic heterocycles. The van der Waals surface area contributed by atoms with E-state index in [0.29, 0.717) is 31.4 Å². The minimum atomic E-state index is 0.131.